The molecule has 0 aromatic carbocycles. The number of hydrogen-bond donors (Lipinski definition) is 7. The lowest BCUT2D eigenvalue weighted by molar-refractivity contribution is -0.144. The van der Waals surface area contributed by atoms with Crippen molar-refractivity contribution in [3.05, 3.63) is 0 Å². The second kappa shape index (κ2) is 12.7. The van der Waals surface area contributed by atoms with Crippen LogP contribution in [0, 0.1) is 5.92 Å². The van der Waals surface area contributed by atoms with Crippen LogP contribution in [0.5, 0.6) is 0 Å². The van der Waals surface area contributed by atoms with Crippen LogP contribution in [0.1, 0.15) is 40.0 Å². The molecule has 0 aliphatic heterocycles. The maximum Gasteiger partial charge on any atom is 0.328 e. The van der Waals surface area contributed by atoms with Gasteiger partial charge in [0.2, 0.25) is 17.7 Å². The molecule has 0 spiro atoms. The van der Waals surface area contributed by atoms with Crippen molar-refractivity contribution in [1.82, 2.24) is 16.0 Å². The molecule has 8 N–H and O–H groups in total. The third-order valence-corrected chi connectivity index (χ3v) is 3.83. The van der Waals surface area contributed by atoms with Crippen molar-refractivity contribution >= 4 is 29.7 Å². The number of aliphatic carboxylic acids is 2. The number of nitrogens with two attached hydrogens (primary N) is 1. The SMILES string of the molecule is CC(C)CC(NC(=O)C(N)CCC(=O)O)C(=O)NCC(=O)NC(C(=O)O)C(C)O. The van der Waals surface area contributed by atoms with E-state index >= 15 is 0 Å². The molecule has 4 atom stereocenters. The third-order valence-electron chi connectivity index (χ3n) is 3.83. The predicted octanol–water partition coefficient (Wildman–Crippen LogP) is -2.22. The summed E-state index contributed by atoms with van der Waals surface area (Å²) in [6, 6.07) is -3.66. The summed E-state index contributed by atoms with van der Waals surface area (Å²) >= 11 is 0. The molecule has 166 valence electrons. The molecule has 0 aromatic heterocycles. The molecule has 12 heteroatoms. The number of carbonyl (C=O) groups excluding carboxylic acids is 3. The number of carboxylic acids is 2. The fourth-order valence-corrected chi connectivity index (χ4v) is 2.30. The van der Waals surface area contributed by atoms with Gasteiger partial charge in [0, 0.05) is 6.42 Å². The summed E-state index contributed by atoms with van der Waals surface area (Å²) in [7, 11) is 0. The maximum atomic E-state index is 12.4. The zero-order valence-electron chi connectivity index (χ0n) is 16.7. The number of rotatable bonds is 13. The van der Waals surface area contributed by atoms with Crippen molar-refractivity contribution in [2.75, 3.05) is 6.54 Å². The first-order valence-corrected chi connectivity index (χ1v) is 9.10. The lowest BCUT2D eigenvalue weighted by Crippen LogP contribution is -2.54. The molecule has 0 fully saturated rings. The first kappa shape index (κ1) is 26.3. The first-order chi connectivity index (χ1) is 13.3. The maximum absolute atomic E-state index is 12.4. The van der Waals surface area contributed by atoms with Crippen LogP contribution in [-0.2, 0) is 24.0 Å². The van der Waals surface area contributed by atoms with Crippen LogP contribution >= 0.6 is 0 Å². The quantitative estimate of drug-likeness (QED) is 0.172. The third kappa shape index (κ3) is 11.0. The molecule has 0 saturated heterocycles. The average molecular weight is 418 g/mol. The lowest BCUT2D eigenvalue weighted by Gasteiger charge is -2.22. The summed E-state index contributed by atoms with van der Waals surface area (Å²) in [5, 5.41) is 33.7. The highest BCUT2D eigenvalue weighted by molar-refractivity contribution is 5.92. The van der Waals surface area contributed by atoms with Crippen LogP contribution < -0.4 is 21.7 Å². The second-order valence-electron chi connectivity index (χ2n) is 7.07. The topological polar surface area (TPSA) is 208 Å². The van der Waals surface area contributed by atoms with E-state index in [1.54, 1.807) is 0 Å². The van der Waals surface area contributed by atoms with E-state index in [1.165, 1.54) is 6.92 Å². The standard InChI is InChI=1S/C17H30N4O8/c1-8(2)6-11(20-15(26)10(18)4-5-13(24)25)16(27)19-7-12(23)21-14(9(3)22)17(28)29/h8-11,14,22H,4-7,18H2,1-3H3,(H,19,27)(H,20,26)(H,21,23)(H,24,25)(H,28,29). The molecule has 3 amide bonds. The van der Waals surface area contributed by atoms with Crippen molar-refractivity contribution in [2.24, 2.45) is 11.7 Å². The van der Waals surface area contributed by atoms with Crippen LogP contribution in [0.4, 0.5) is 0 Å². The fraction of sp³-hybridized carbons (Fsp3) is 0.706. The van der Waals surface area contributed by atoms with Gasteiger partial charge in [0.25, 0.3) is 0 Å². The molecule has 4 unspecified atom stereocenters. The van der Waals surface area contributed by atoms with Crippen molar-refractivity contribution in [3.8, 4) is 0 Å². The van der Waals surface area contributed by atoms with Gasteiger partial charge in [0.15, 0.2) is 6.04 Å². The van der Waals surface area contributed by atoms with Gasteiger partial charge >= 0.3 is 11.9 Å². The molecule has 0 heterocycles. The summed E-state index contributed by atoms with van der Waals surface area (Å²) in [4.78, 5) is 57.8. The van der Waals surface area contributed by atoms with Crippen LogP contribution in [-0.4, -0.2) is 75.8 Å². The van der Waals surface area contributed by atoms with Gasteiger partial charge in [-0.25, -0.2) is 4.79 Å². The molecule has 0 bridgehead atoms. The Bertz CT molecular complexity index is 608. The summed E-state index contributed by atoms with van der Waals surface area (Å²) in [5.41, 5.74) is 5.63. The minimum Gasteiger partial charge on any atom is -0.481 e. The number of amides is 3. The Balaban J connectivity index is 4.83. The number of aliphatic hydroxyl groups is 1. The predicted molar refractivity (Wildman–Crippen MR) is 100 cm³/mol. The van der Waals surface area contributed by atoms with Crippen LogP contribution in [0.15, 0.2) is 0 Å². The molecule has 0 radical (unpaired) electrons. The molecular formula is C17H30N4O8. The number of carbonyl (C=O) groups is 5. The van der Waals surface area contributed by atoms with Crippen LogP contribution in [0.3, 0.4) is 0 Å². The van der Waals surface area contributed by atoms with Crippen molar-refractivity contribution in [2.45, 2.75) is 64.3 Å². The van der Waals surface area contributed by atoms with Gasteiger partial charge in [-0.1, -0.05) is 13.8 Å². The Labute approximate surface area is 168 Å². The Kier molecular flexibility index (Phi) is 11.5. The van der Waals surface area contributed by atoms with E-state index in [1.807, 2.05) is 13.8 Å². The Hall–Kier alpha value is -2.73. The molecule has 0 saturated carbocycles. The van der Waals surface area contributed by atoms with E-state index in [-0.39, 0.29) is 25.2 Å². The largest absolute Gasteiger partial charge is 0.481 e. The van der Waals surface area contributed by atoms with Gasteiger partial charge in [-0.2, -0.15) is 0 Å². The summed E-state index contributed by atoms with van der Waals surface area (Å²) in [5.74, 6) is -4.75. The fourth-order valence-electron chi connectivity index (χ4n) is 2.30. The van der Waals surface area contributed by atoms with Gasteiger partial charge in [-0.15, -0.1) is 0 Å². The molecule has 29 heavy (non-hydrogen) atoms. The number of hydrogen-bond acceptors (Lipinski definition) is 7. The number of nitrogens with one attached hydrogen (secondary N) is 3. The Morgan fingerprint density at radius 1 is 0.966 bits per heavy atom. The van der Waals surface area contributed by atoms with Crippen molar-refractivity contribution in [1.29, 1.82) is 0 Å². The monoisotopic (exact) mass is 418 g/mol. The average Bonchev–Trinajstić information content (AvgIpc) is 2.60. The minimum atomic E-state index is -1.53. The van der Waals surface area contributed by atoms with Gasteiger partial charge in [0.1, 0.15) is 6.04 Å². The highest BCUT2D eigenvalue weighted by atomic mass is 16.4. The number of carboxylic acid groups (broad SMARTS) is 2. The first-order valence-electron chi connectivity index (χ1n) is 9.10. The Morgan fingerprint density at radius 3 is 2.00 bits per heavy atom. The summed E-state index contributed by atoms with van der Waals surface area (Å²) < 4.78 is 0. The van der Waals surface area contributed by atoms with Gasteiger partial charge in [-0.05, 0) is 25.7 Å². The molecule has 12 nitrogen and oxygen atoms in total. The van der Waals surface area contributed by atoms with E-state index in [2.05, 4.69) is 16.0 Å². The van der Waals surface area contributed by atoms with Gasteiger partial charge in [-0.3, -0.25) is 19.2 Å². The molecule has 0 aliphatic carbocycles. The molecule has 0 aromatic rings. The van der Waals surface area contributed by atoms with E-state index in [0.717, 1.165) is 0 Å². The molecule has 0 aliphatic rings. The summed E-state index contributed by atoms with van der Waals surface area (Å²) in [6.07, 6.45) is -1.51. The summed E-state index contributed by atoms with van der Waals surface area (Å²) in [6.45, 7) is 4.25. The lowest BCUT2D eigenvalue weighted by atomic mass is 10.0. The van der Waals surface area contributed by atoms with Gasteiger partial charge < -0.3 is 37.0 Å². The van der Waals surface area contributed by atoms with Gasteiger partial charge in [0.05, 0.1) is 18.7 Å². The molecule has 0 rings (SSSR count). The van der Waals surface area contributed by atoms with E-state index in [9.17, 15) is 29.1 Å². The van der Waals surface area contributed by atoms with Crippen LogP contribution in [0.25, 0.3) is 0 Å². The number of aliphatic hydroxyl groups excluding tert-OH is 1. The minimum absolute atomic E-state index is 0.00162. The molecular weight excluding hydrogens is 388 g/mol. The highest BCUT2D eigenvalue weighted by Crippen LogP contribution is 2.06. The Morgan fingerprint density at radius 2 is 1.55 bits per heavy atom. The second-order valence-corrected chi connectivity index (χ2v) is 7.07. The normalized spacial score (nSPS) is 15.0. The van der Waals surface area contributed by atoms with Crippen molar-refractivity contribution in [3.63, 3.8) is 0 Å². The van der Waals surface area contributed by atoms with E-state index in [0.29, 0.717) is 0 Å². The van der Waals surface area contributed by atoms with E-state index in [4.69, 9.17) is 15.9 Å². The van der Waals surface area contributed by atoms with Crippen molar-refractivity contribution < 1.29 is 39.3 Å². The highest BCUT2D eigenvalue weighted by Gasteiger charge is 2.27. The van der Waals surface area contributed by atoms with Crippen LogP contribution in [0.2, 0.25) is 0 Å². The zero-order chi connectivity index (χ0) is 22.7. The zero-order valence-corrected chi connectivity index (χ0v) is 16.7. The van der Waals surface area contributed by atoms with E-state index < -0.39 is 60.4 Å². The smallest absolute Gasteiger partial charge is 0.328 e.